The Balaban J connectivity index is 2.56. The highest BCUT2D eigenvalue weighted by molar-refractivity contribution is 5.69. The van der Waals surface area contributed by atoms with Crippen molar-refractivity contribution in [1.29, 1.82) is 0 Å². The summed E-state index contributed by atoms with van der Waals surface area (Å²) in [6.45, 7) is 3.85. The lowest BCUT2D eigenvalue weighted by Gasteiger charge is -2.20. The number of carbonyl (C=O) groups is 1. The van der Waals surface area contributed by atoms with Crippen molar-refractivity contribution in [2.24, 2.45) is 0 Å². The molecule has 0 bridgehead atoms. The van der Waals surface area contributed by atoms with Gasteiger partial charge in [0.15, 0.2) is 5.82 Å². The second kappa shape index (κ2) is 7.85. The SMILES string of the molecule is CCCc1nc(CN(CCN(C)C)CC(=O)O)no1. The number of hydrogen-bond acceptors (Lipinski definition) is 6. The van der Waals surface area contributed by atoms with Crippen LogP contribution in [0.15, 0.2) is 4.52 Å². The number of aromatic nitrogens is 2. The van der Waals surface area contributed by atoms with Crippen molar-refractivity contribution in [3.63, 3.8) is 0 Å². The van der Waals surface area contributed by atoms with E-state index in [1.807, 2.05) is 25.9 Å². The van der Waals surface area contributed by atoms with Crippen LogP contribution in [0.3, 0.4) is 0 Å². The van der Waals surface area contributed by atoms with Crippen molar-refractivity contribution in [2.75, 3.05) is 33.7 Å². The highest BCUT2D eigenvalue weighted by Crippen LogP contribution is 2.04. The van der Waals surface area contributed by atoms with Gasteiger partial charge < -0.3 is 14.5 Å². The molecular weight excluding hydrogens is 248 g/mol. The number of rotatable bonds is 9. The Morgan fingerprint density at radius 1 is 1.37 bits per heavy atom. The molecule has 0 atom stereocenters. The standard InChI is InChI=1S/C12H22N4O3/c1-4-5-11-13-10(14-19-11)8-16(9-12(17)18)7-6-15(2)3/h4-9H2,1-3H3,(H,17,18). The van der Waals surface area contributed by atoms with Gasteiger partial charge in [-0.15, -0.1) is 0 Å². The summed E-state index contributed by atoms with van der Waals surface area (Å²) in [6.07, 6.45) is 1.70. The highest BCUT2D eigenvalue weighted by atomic mass is 16.5. The molecule has 7 heteroatoms. The van der Waals surface area contributed by atoms with Crippen LogP contribution in [0.2, 0.25) is 0 Å². The zero-order valence-corrected chi connectivity index (χ0v) is 11.8. The summed E-state index contributed by atoms with van der Waals surface area (Å²) in [5, 5.41) is 12.8. The van der Waals surface area contributed by atoms with E-state index in [0.29, 0.717) is 24.8 Å². The lowest BCUT2D eigenvalue weighted by atomic mass is 10.3. The Bertz CT molecular complexity index is 392. The summed E-state index contributed by atoms with van der Waals surface area (Å²) in [4.78, 5) is 18.9. The van der Waals surface area contributed by atoms with Crippen molar-refractivity contribution < 1.29 is 14.4 Å². The minimum Gasteiger partial charge on any atom is -0.480 e. The molecule has 0 aliphatic carbocycles. The summed E-state index contributed by atoms with van der Waals surface area (Å²) >= 11 is 0. The molecule has 1 heterocycles. The number of nitrogens with zero attached hydrogens (tertiary/aromatic N) is 4. The smallest absolute Gasteiger partial charge is 0.317 e. The van der Waals surface area contributed by atoms with E-state index in [1.54, 1.807) is 4.90 Å². The van der Waals surface area contributed by atoms with Crippen molar-refractivity contribution in [3.8, 4) is 0 Å². The lowest BCUT2D eigenvalue weighted by Crippen LogP contribution is -2.35. The van der Waals surface area contributed by atoms with Crippen LogP contribution in [0.5, 0.6) is 0 Å². The van der Waals surface area contributed by atoms with E-state index in [2.05, 4.69) is 10.1 Å². The molecule has 1 aromatic rings. The molecule has 0 amide bonds. The number of aliphatic carboxylic acids is 1. The van der Waals surface area contributed by atoms with Gasteiger partial charge in [0.1, 0.15) is 0 Å². The van der Waals surface area contributed by atoms with Crippen LogP contribution in [-0.4, -0.2) is 64.7 Å². The molecule has 1 aromatic heterocycles. The second-order valence-corrected chi connectivity index (χ2v) is 4.76. The molecule has 1 rings (SSSR count). The number of hydrogen-bond donors (Lipinski definition) is 1. The molecule has 108 valence electrons. The van der Waals surface area contributed by atoms with E-state index < -0.39 is 5.97 Å². The normalized spacial score (nSPS) is 11.4. The van der Waals surface area contributed by atoms with Crippen LogP contribution in [0.25, 0.3) is 0 Å². The number of likely N-dealkylation sites (N-methyl/N-ethyl adjacent to an activating group) is 1. The Labute approximate surface area is 113 Å². The summed E-state index contributed by atoms with van der Waals surface area (Å²) in [7, 11) is 3.90. The fourth-order valence-electron chi connectivity index (χ4n) is 1.62. The molecule has 0 saturated heterocycles. The molecule has 0 aromatic carbocycles. The maximum absolute atomic E-state index is 10.8. The minimum atomic E-state index is -0.851. The third kappa shape index (κ3) is 6.30. The average Bonchev–Trinajstić information content (AvgIpc) is 2.73. The largest absolute Gasteiger partial charge is 0.480 e. The maximum Gasteiger partial charge on any atom is 0.317 e. The lowest BCUT2D eigenvalue weighted by molar-refractivity contribution is -0.138. The van der Waals surface area contributed by atoms with E-state index in [9.17, 15) is 4.79 Å². The van der Waals surface area contributed by atoms with E-state index >= 15 is 0 Å². The molecule has 0 unspecified atom stereocenters. The monoisotopic (exact) mass is 270 g/mol. The average molecular weight is 270 g/mol. The van der Waals surface area contributed by atoms with E-state index in [4.69, 9.17) is 9.63 Å². The highest BCUT2D eigenvalue weighted by Gasteiger charge is 2.14. The first-order valence-corrected chi connectivity index (χ1v) is 6.41. The first kappa shape index (κ1) is 15.6. The third-order valence-electron chi connectivity index (χ3n) is 2.56. The number of carboxylic acid groups (broad SMARTS) is 1. The maximum atomic E-state index is 10.8. The minimum absolute atomic E-state index is 0.0223. The quantitative estimate of drug-likeness (QED) is 0.698. The molecule has 0 aliphatic heterocycles. The van der Waals surface area contributed by atoms with Gasteiger partial charge in [0.2, 0.25) is 5.89 Å². The van der Waals surface area contributed by atoms with Crippen LogP contribution < -0.4 is 0 Å². The zero-order valence-electron chi connectivity index (χ0n) is 11.8. The molecule has 0 fully saturated rings. The molecule has 0 saturated carbocycles. The van der Waals surface area contributed by atoms with Crippen LogP contribution in [-0.2, 0) is 17.8 Å². The molecule has 0 spiro atoms. The van der Waals surface area contributed by atoms with Gasteiger partial charge in [-0.2, -0.15) is 4.98 Å². The predicted octanol–water partition coefficient (Wildman–Crippen LogP) is 0.470. The third-order valence-corrected chi connectivity index (χ3v) is 2.56. The van der Waals surface area contributed by atoms with Gasteiger partial charge in [-0.3, -0.25) is 9.69 Å². The molecule has 7 nitrogen and oxygen atoms in total. The van der Waals surface area contributed by atoms with Crippen LogP contribution in [0.1, 0.15) is 25.1 Å². The van der Waals surface area contributed by atoms with E-state index in [1.165, 1.54) is 0 Å². The molecule has 19 heavy (non-hydrogen) atoms. The van der Waals surface area contributed by atoms with Gasteiger partial charge >= 0.3 is 5.97 Å². The van der Waals surface area contributed by atoms with E-state index in [-0.39, 0.29) is 6.54 Å². The molecule has 1 N–H and O–H groups in total. The Morgan fingerprint density at radius 3 is 2.68 bits per heavy atom. The molecule has 0 radical (unpaired) electrons. The van der Waals surface area contributed by atoms with Gasteiger partial charge in [0.25, 0.3) is 0 Å². The zero-order chi connectivity index (χ0) is 14.3. The molecular formula is C12H22N4O3. The van der Waals surface area contributed by atoms with Crippen LogP contribution in [0, 0.1) is 0 Å². The van der Waals surface area contributed by atoms with Gasteiger partial charge in [-0.05, 0) is 20.5 Å². The first-order chi connectivity index (χ1) is 9.01. The summed E-state index contributed by atoms with van der Waals surface area (Å²) in [5.74, 6) is 0.305. The van der Waals surface area contributed by atoms with E-state index in [0.717, 1.165) is 19.4 Å². The fourth-order valence-corrected chi connectivity index (χ4v) is 1.62. The summed E-state index contributed by atoms with van der Waals surface area (Å²) in [5.41, 5.74) is 0. The van der Waals surface area contributed by atoms with Crippen molar-refractivity contribution in [2.45, 2.75) is 26.3 Å². The van der Waals surface area contributed by atoms with Gasteiger partial charge in [0, 0.05) is 19.5 Å². The fraction of sp³-hybridized carbons (Fsp3) is 0.750. The number of carboxylic acids is 1. The van der Waals surface area contributed by atoms with Crippen LogP contribution in [0.4, 0.5) is 0 Å². The van der Waals surface area contributed by atoms with Gasteiger partial charge in [0.05, 0.1) is 13.1 Å². The van der Waals surface area contributed by atoms with Crippen molar-refractivity contribution in [1.82, 2.24) is 19.9 Å². The Hall–Kier alpha value is -1.47. The van der Waals surface area contributed by atoms with Crippen molar-refractivity contribution >= 4 is 5.97 Å². The Kier molecular flexibility index (Phi) is 6.44. The summed E-state index contributed by atoms with van der Waals surface area (Å²) < 4.78 is 5.09. The number of aryl methyl sites for hydroxylation is 1. The second-order valence-electron chi connectivity index (χ2n) is 4.76. The topological polar surface area (TPSA) is 82.7 Å². The molecule has 0 aliphatic rings. The van der Waals surface area contributed by atoms with Crippen LogP contribution >= 0.6 is 0 Å². The van der Waals surface area contributed by atoms with Gasteiger partial charge in [-0.25, -0.2) is 0 Å². The summed E-state index contributed by atoms with van der Waals surface area (Å²) in [6, 6.07) is 0. The first-order valence-electron chi connectivity index (χ1n) is 6.41. The Morgan fingerprint density at radius 2 is 2.11 bits per heavy atom. The van der Waals surface area contributed by atoms with Gasteiger partial charge in [-0.1, -0.05) is 12.1 Å². The predicted molar refractivity (Wildman–Crippen MR) is 69.8 cm³/mol. The van der Waals surface area contributed by atoms with Crippen molar-refractivity contribution in [3.05, 3.63) is 11.7 Å².